The van der Waals surface area contributed by atoms with Gasteiger partial charge in [-0.3, -0.25) is 9.59 Å². The third kappa shape index (κ3) is 4.37. The van der Waals surface area contributed by atoms with E-state index in [4.69, 9.17) is 9.84 Å². The number of unbranched alkanes of at least 4 members (excludes halogenated alkanes) is 3. The summed E-state index contributed by atoms with van der Waals surface area (Å²) in [6, 6.07) is 0. The van der Waals surface area contributed by atoms with Crippen LogP contribution >= 0.6 is 0 Å². The van der Waals surface area contributed by atoms with Gasteiger partial charge in [-0.1, -0.05) is 27.2 Å². The lowest BCUT2D eigenvalue weighted by Gasteiger charge is -2.42. The van der Waals surface area contributed by atoms with Crippen LogP contribution in [0.5, 0.6) is 0 Å². The second-order valence-corrected chi connectivity index (χ2v) is 8.34. The first-order valence-electron chi connectivity index (χ1n) is 9.03. The lowest BCUT2D eigenvalue weighted by Crippen LogP contribution is -2.50. The first-order valence-corrected chi connectivity index (χ1v) is 9.03. The molecular formula is C19H34O5. The molecule has 24 heavy (non-hydrogen) atoms. The average molecular weight is 342 g/mol. The minimum Gasteiger partial charge on any atom is -0.465 e. The number of ether oxygens (including phenoxy) is 1. The Kier molecular flexibility index (Phi) is 7.00. The fourth-order valence-corrected chi connectivity index (χ4v) is 3.84. The second kappa shape index (κ2) is 7.96. The van der Waals surface area contributed by atoms with E-state index in [1.54, 1.807) is 0 Å². The molecule has 1 aliphatic rings. The van der Waals surface area contributed by atoms with Crippen molar-refractivity contribution in [2.75, 3.05) is 13.2 Å². The number of esters is 1. The lowest BCUT2D eigenvalue weighted by atomic mass is 9.61. The summed E-state index contributed by atoms with van der Waals surface area (Å²) >= 11 is 0. The van der Waals surface area contributed by atoms with E-state index in [-0.39, 0.29) is 24.3 Å². The average Bonchev–Trinajstić information content (AvgIpc) is 2.72. The van der Waals surface area contributed by atoms with Crippen LogP contribution in [0.3, 0.4) is 0 Å². The molecule has 0 amide bonds. The van der Waals surface area contributed by atoms with Crippen LogP contribution in [0.25, 0.3) is 0 Å². The molecule has 0 unspecified atom stereocenters. The third-order valence-corrected chi connectivity index (χ3v) is 5.86. The van der Waals surface area contributed by atoms with Crippen molar-refractivity contribution in [3.05, 3.63) is 0 Å². The maximum Gasteiger partial charge on any atom is 0.309 e. The minimum absolute atomic E-state index is 0.198. The Morgan fingerprint density at radius 3 is 2.25 bits per heavy atom. The molecule has 0 aromatic carbocycles. The number of carbonyl (C=O) groups excluding carboxylic acids is 2. The molecule has 0 aliphatic heterocycles. The van der Waals surface area contributed by atoms with Gasteiger partial charge in [-0.2, -0.15) is 0 Å². The molecular weight excluding hydrogens is 308 g/mol. The van der Waals surface area contributed by atoms with E-state index in [0.717, 1.165) is 25.7 Å². The zero-order valence-corrected chi connectivity index (χ0v) is 15.9. The summed E-state index contributed by atoms with van der Waals surface area (Å²) in [4.78, 5) is 25.2. The third-order valence-electron chi connectivity index (χ3n) is 5.86. The fourth-order valence-electron chi connectivity index (χ4n) is 3.84. The van der Waals surface area contributed by atoms with E-state index in [1.165, 1.54) is 13.8 Å². The van der Waals surface area contributed by atoms with Gasteiger partial charge in [-0.15, -0.1) is 0 Å². The van der Waals surface area contributed by atoms with Crippen molar-refractivity contribution in [1.82, 2.24) is 0 Å². The van der Waals surface area contributed by atoms with Crippen molar-refractivity contribution in [3.63, 3.8) is 0 Å². The molecule has 1 rings (SSSR count). The van der Waals surface area contributed by atoms with Crippen molar-refractivity contribution in [2.45, 2.75) is 78.7 Å². The largest absolute Gasteiger partial charge is 0.465 e. The van der Waals surface area contributed by atoms with E-state index < -0.39 is 16.4 Å². The molecule has 0 aromatic rings. The normalized spacial score (nSPS) is 26.4. The molecule has 5 nitrogen and oxygen atoms in total. The highest BCUT2D eigenvalue weighted by molar-refractivity contribution is 5.93. The summed E-state index contributed by atoms with van der Waals surface area (Å²) in [7, 11) is 0. The van der Waals surface area contributed by atoms with Crippen LogP contribution in [0.15, 0.2) is 0 Å². The number of ketones is 1. The van der Waals surface area contributed by atoms with Crippen molar-refractivity contribution < 1.29 is 24.5 Å². The van der Waals surface area contributed by atoms with E-state index in [9.17, 15) is 14.7 Å². The van der Waals surface area contributed by atoms with Crippen LogP contribution in [0.1, 0.15) is 73.1 Å². The summed E-state index contributed by atoms with van der Waals surface area (Å²) in [5.41, 5.74) is -2.70. The summed E-state index contributed by atoms with van der Waals surface area (Å²) in [6.07, 6.45) is 4.62. The van der Waals surface area contributed by atoms with Gasteiger partial charge < -0.3 is 14.9 Å². The molecule has 0 aromatic heterocycles. The molecule has 0 heterocycles. The summed E-state index contributed by atoms with van der Waals surface area (Å²) in [5, 5.41) is 18.9. The minimum atomic E-state index is -1.41. The van der Waals surface area contributed by atoms with Crippen LogP contribution in [-0.4, -0.2) is 40.8 Å². The number of carbonyl (C=O) groups is 2. The standard InChI is InChI=1S/C19H34O5/c1-17(2)14(15(21)24-13-9-7-6-8-12-20)10-11-19(17,5)16(22)18(3,4)23/h14,20,23H,6-13H2,1-5H3/t14-,19+/m1/s1. The highest BCUT2D eigenvalue weighted by Crippen LogP contribution is 2.57. The Balaban J connectivity index is 2.65. The number of Topliss-reactive ketones (excluding diaryl/α,β-unsaturated/α-hetero) is 1. The molecule has 1 saturated carbocycles. The van der Waals surface area contributed by atoms with Crippen LogP contribution in [0.2, 0.25) is 0 Å². The highest BCUT2D eigenvalue weighted by Gasteiger charge is 2.60. The number of hydrogen-bond acceptors (Lipinski definition) is 5. The molecule has 2 atom stereocenters. The van der Waals surface area contributed by atoms with E-state index in [0.29, 0.717) is 19.4 Å². The molecule has 0 bridgehead atoms. The first kappa shape index (κ1) is 21.1. The van der Waals surface area contributed by atoms with E-state index in [1.807, 2.05) is 20.8 Å². The van der Waals surface area contributed by atoms with Crippen LogP contribution in [0, 0.1) is 16.7 Å². The molecule has 0 spiro atoms. The summed E-state index contributed by atoms with van der Waals surface area (Å²) in [5.74, 6) is -0.778. The number of hydrogen-bond donors (Lipinski definition) is 2. The molecule has 0 radical (unpaired) electrons. The Morgan fingerprint density at radius 1 is 1.12 bits per heavy atom. The maximum atomic E-state index is 12.7. The summed E-state index contributed by atoms with van der Waals surface area (Å²) < 4.78 is 5.43. The Hall–Kier alpha value is -0.940. The zero-order chi connectivity index (χ0) is 18.6. The van der Waals surface area contributed by atoms with Crippen molar-refractivity contribution in [2.24, 2.45) is 16.7 Å². The lowest BCUT2D eigenvalue weighted by molar-refractivity contribution is -0.158. The second-order valence-electron chi connectivity index (χ2n) is 8.34. The molecule has 0 saturated heterocycles. The number of aliphatic hydroxyl groups excluding tert-OH is 1. The smallest absolute Gasteiger partial charge is 0.309 e. The van der Waals surface area contributed by atoms with Gasteiger partial charge >= 0.3 is 5.97 Å². The van der Waals surface area contributed by atoms with Gasteiger partial charge in [0, 0.05) is 12.0 Å². The topological polar surface area (TPSA) is 83.8 Å². The predicted octanol–water partition coefficient (Wildman–Crippen LogP) is 2.86. The zero-order valence-electron chi connectivity index (χ0n) is 15.9. The van der Waals surface area contributed by atoms with Crippen LogP contribution < -0.4 is 0 Å². The molecule has 1 aliphatic carbocycles. The van der Waals surface area contributed by atoms with Gasteiger partial charge in [-0.05, 0) is 51.4 Å². The van der Waals surface area contributed by atoms with Gasteiger partial charge in [0.15, 0.2) is 5.78 Å². The number of rotatable bonds is 9. The van der Waals surface area contributed by atoms with Crippen molar-refractivity contribution in [1.29, 1.82) is 0 Å². The Morgan fingerprint density at radius 2 is 1.71 bits per heavy atom. The first-order chi connectivity index (χ1) is 11.0. The SMILES string of the molecule is CC(C)(O)C(=O)[C@]1(C)CC[C@H](C(=O)OCCCCCCO)C1(C)C. The molecule has 5 heteroatoms. The predicted molar refractivity (Wildman–Crippen MR) is 92.4 cm³/mol. The molecule has 140 valence electrons. The van der Waals surface area contributed by atoms with Crippen LogP contribution in [0.4, 0.5) is 0 Å². The summed E-state index contributed by atoms with van der Waals surface area (Å²) in [6.45, 7) is 9.31. The van der Waals surface area contributed by atoms with Gasteiger partial charge in [0.1, 0.15) is 5.60 Å². The van der Waals surface area contributed by atoms with Crippen molar-refractivity contribution in [3.8, 4) is 0 Å². The van der Waals surface area contributed by atoms with Crippen molar-refractivity contribution >= 4 is 11.8 Å². The molecule has 2 N–H and O–H groups in total. The highest BCUT2D eigenvalue weighted by atomic mass is 16.5. The van der Waals surface area contributed by atoms with Crippen LogP contribution in [-0.2, 0) is 14.3 Å². The fraction of sp³-hybridized carbons (Fsp3) is 0.895. The van der Waals surface area contributed by atoms with Gasteiger partial charge in [0.2, 0.25) is 0 Å². The van der Waals surface area contributed by atoms with Gasteiger partial charge in [-0.25, -0.2) is 0 Å². The van der Waals surface area contributed by atoms with Gasteiger partial charge in [0.25, 0.3) is 0 Å². The Bertz CT molecular complexity index is 449. The maximum absolute atomic E-state index is 12.7. The number of aliphatic hydroxyl groups is 2. The Labute approximate surface area is 145 Å². The van der Waals surface area contributed by atoms with E-state index >= 15 is 0 Å². The molecule has 1 fully saturated rings. The monoisotopic (exact) mass is 342 g/mol. The van der Waals surface area contributed by atoms with Gasteiger partial charge in [0.05, 0.1) is 12.5 Å². The van der Waals surface area contributed by atoms with E-state index in [2.05, 4.69) is 0 Å². The quantitative estimate of drug-likeness (QED) is 0.497.